The zero-order chi connectivity index (χ0) is 12.7. The molecule has 1 aromatic carbocycles. The first-order chi connectivity index (χ1) is 8.19. The van der Waals surface area contributed by atoms with Gasteiger partial charge in [0.15, 0.2) is 0 Å². The van der Waals surface area contributed by atoms with Gasteiger partial charge in [0.1, 0.15) is 4.99 Å². The summed E-state index contributed by atoms with van der Waals surface area (Å²) in [5.74, 6) is 0. The van der Waals surface area contributed by atoms with Gasteiger partial charge in [-0.2, -0.15) is 0 Å². The molecule has 0 spiro atoms. The number of hydrogen-bond acceptors (Lipinski definition) is 4. The van der Waals surface area contributed by atoms with Crippen LogP contribution in [0.15, 0.2) is 24.3 Å². The summed E-state index contributed by atoms with van der Waals surface area (Å²) in [5, 5.41) is 9.02. The first-order valence-corrected chi connectivity index (χ1v) is 5.84. The van der Waals surface area contributed by atoms with E-state index in [0.29, 0.717) is 18.1 Å². The van der Waals surface area contributed by atoms with Crippen molar-refractivity contribution in [3.63, 3.8) is 0 Å². The van der Waals surface area contributed by atoms with Crippen molar-refractivity contribution in [2.75, 3.05) is 38.3 Å². The second-order valence-corrected chi connectivity index (χ2v) is 4.05. The number of rotatable bonds is 7. The van der Waals surface area contributed by atoms with E-state index >= 15 is 0 Å². The molecule has 0 atom stereocenters. The van der Waals surface area contributed by atoms with Gasteiger partial charge >= 0.3 is 0 Å². The van der Waals surface area contributed by atoms with Gasteiger partial charge in [-0.05, 0) is 24.3 Å². The molecule has 0 aliphatic rings. The van der Waals surface area contributed by atoms with Gasteiger partial charge in [0.2, 0.25) is 0 Å². The van der Waals surface area contributed by atoms with Crippen LogP contribution >= 0.6 is 12.2 Å². The molecule has 0 aliphatic carbocycles. The number of aliphatic hydroxyl groups is 1. The summed E-state index contributed by atoms with van der Waals surface area (Å²) in [4.78, 5) is 2.44. The quantitative estimate of drug-likeness (QED) is 0.704. The number of anilines is 1. The molecule has 0 heterocycles. The van der Waals surface area contributed by atoms with Gasteiger partial charge in [-0.3, -0.25) is 0 Å². The number of benzene rings is 1. The topological polar surface area (TPSA) is 58.7 Å². The second-order valence-electron chi connectivity index (χ2n) is 3.61. The van der Waals surface area contributed by atoms with Crippen molar-refractivity contribution >= 4 is 22.9 Å². The monoisotopic (exact) mass is 254 g/mol. The van der Waals surface area contributed by atoms with Crippen molar-refractivity contribution < 1.29 is 9.84 Å². The number of nitrogens with zero attached hydrogens (tertiary/aromatic N) is 1. The zero-order valence-corrected chi connectivity index (χ0v) is 10.7. The lowest BCUT2D eigenvalue weighted by molar-refractivity contribution is 0.203. The number of methoxy groups -OCH3 is 1. The van der Waals surface area contributed by atoms with E-state index in [1.807, 2.05) is 29.2 Å². The van der Waals surface area contributed by atoms with Crippen molar-refractivity contribution in [2.45, 2.75) is 0 Å². The van der Waals surface area contributed by atoms with E-state index in [2.05, 4.69) is 0 Å². The van der Waals surface area contributed by atoms with Crippen molar-refractivity contribution in [1.82, 2.24) is 0 Å². The fourth-order valence-corrected chi connectivity index (χ4v) is 1.66. The van der Waals surface area contributed by atoms with Gasteiger partial charge in [0.05, 0.1) is 13.2 Å². The van der Waals surface area contributed by atoms with E-state index in [4.69, 9.17) is 27.8 Å². The Kier molecular flexibility index (Phi) is 5.90. The van der Waals surface area contributed by atoms with E-state index in [-0.39, 0.29) is 6.61 Å². The Morgan fingerprint density at radius 3 is 2.47 bits per heavy atom. The summed E-state index contributed by atoms with van der Waals surface area (Å²) < 4.78 is 5.04. The second kappa shape index (κ2) is 7.21. The Bertz CT molecular complexity index is 354. The standard InChI is InChI=1S/C12H18N2O2S/c1-16-9-7-14(6-8-15)11-4-2-10(3-5-11)12(13)17/h2-5,15H,6-9H2,1H3,(H2,13,17). The van der Waals surface area contributed by atoms with Gasteiger partial charge in [-0.15, -0.1) is 0 Å². The molecular weight excluding hydrogens is 236 g/mol. The Morgan fingerprint density at radius 2 is 2.00 bits per heavy atom. The molecular formula is C12H18N2O2S. The summed E-state index contributed by atoms with van der Waals surface area (Å²) in [6, 6.07) is 7.66. The highest BCUT2D eigenvalue weighted by Gasteiger charge is 2.05. The molecule has 5 heteroatoms. The Balaban J connectivity index is 2.75. The predicted octanol–water partition coefficient (Wildman–Crippen LogP) is 0.766. The van der Waals surface area contributed by atoms with Crippen LogP contribution in [-0.4, -0.2) is 43.5 Å². The Morgan fingerprint density at radius 1 is 1.35 bits per heavy atom. The lowest BCUT2D eigenvalue weighted by Gasteiger charge is -2.23. The summed E-state index contributed by atoms with van der Waals surface area (Å²) in [6.45, 7) is 2.05. The smallest absolute Gasteiger partial charge is 0.103 e. The number of hydrogen-bond donors (Lipinski definition) is 2. The third-order valence-electron chi connectivity index (χ3n) is 2.45. The summed E-state index contributed by atoms with van der Waals surface area (Å²) in [6.07, 6.45) is 0. The third kappa shape index (κ3) is 4.30. The fourth-order valence-electron chi connectivity index (χ4n) is 1.53. The lowest BCUT2D eigenvalue weighted by Crippen LogP contribution is -2.30. The highest BCUT2D eigenvalue weighted by molar-refractivity contribution is 7.80. The first kappa shape index (κ1) is 13.9. The number of thiocarbonyl (C=S) groups is 1. The largest absolute Gasteiger partial charge is 0.395 e. The lowest BCUT2D eigenvalue weighted by atomic mass is 10.2. The zero-order valence-electron chi connectivity index (χ0n) is 9.93. The molecule has 0 aliphatic heterocycles. The van der Waals surface area contributed by atoms with Crippen LogP contribution in [0, 0.1) is 0 Å². The van der Waals surface area contributed by atoms with Crippen LogP contribution in [0.25, 0.3) is 0 Å². The number of nitrogens with two attached hydrogens (primary N) is 1. The summed E-state index contributed by atoms with van der Waals surface area (Å²) >= 11 is 4.90. The van der Waals surface area contributed by atoms with E-state index in [0.717, 1.165) is 17.8 Å². The number of ether oxygens (including phenoxy) is 1. The molecule has 0 amide bonds. The van der Waals surface area contributed by atoms with Gasteiger partial charge in [0, 0.05) is 31.5 Å². The van der Waals surface area contributed by atoms with E-state index < -0.39 is 0 Å². The third-order valence-corrected chi connectivity index (χ3v) is 2.69. The van der Waals surface area contributed by atoms with Crippen molar-refractivity contribution in [3.8, 4) is 0 Å². The van der Waals surface area contributed by atoms with Crippen LogP contribution in [0.5, 0.6) is 0 Å². The van der Waals surface area contributed by atoms with Crippen LogP contribution in [0.3, 0.4) is 0 Å². The molecule has 0 fully saturated rings. The van der Waals surface area contributed by atoms with Crippen LogP contribution in [0.2, 0.25) is 0 Å². The average molecular weight is 254 g/mol. The highest BCUT2D eigenvalue weighted by atomic mass is 32.1. The molecule has 0 saturated heterocycles. The van der Waals surface area contributed by atoms with E-state index in [1.54, 1.807) is 7.11 Å². The first-order valence-electron chi connectivity index (χ1n) is 5.43. The highest BCUT2D eigenvalue weighted by Crippen LogP contribution is 2.14. The van der Waals surface area contributed by atoms with Gasteiger partial charge in [-0.1, -0.05) is 12.2 Å². The SMILES string of the molecule is COCCN(CCO)c1ccc(C(N)=S)cc1. The molecule has 0 saturated carbocycles. The fraction of sp³-hybridized carbons (Fsp3) is 0.417. The molecule has 17 heavy (non-hydrogen) atoms. The number of aliphatic hydroxyl groups excluding tert-OH is 1. The minimum absolute atomic E-state index is 0.112. The van der Waals surface area contributed by atoms with Gasteiger partial charge in [-0.25, -0.2) is 0 Å². The van der Waals surface area contributed by atoms with Crippen LogP contribution in [-0.2, 0) is 4.74 Å². The van der Waals surface area contributed by atoms with Crippen LogP contribution < -0.4 is 10.6 Å². The normalized spacial score (nSPS) is 10.2. The molecule has 0 bridgehead atoms. The molecule has 94 valence electrons. The molecule has 1 rings (SSSR count). The van der Waals surface area contributed by atoms with Gasteiger partial charge in [0.25, 0.3) is 0 Å². The molecule has 0 aromatic heterocycles. The molecule has 0 radical (unpaired) electrons. The van der Waals surface area contributed by atoms with Crippen molar-refractivity contribution in [1.29, 1.82) is 0 Å². The predicted molar refractivity (Wildman–Crippen MR) is 73.5 cm³/mol. The minimum Gasteiger partial charge on any atom is -0.395 e. The maximum Gasteiger partial charge on any atom is 0.103 e. The van der Waals surface area contributed by atoms with E-state index in [1.165, 1.54) is 0 Å². The minimum atomic E-state index is 0.112. The summed E-state index contributed by atoms with van der Waals surface area (Å²) in [5.41, 5.74) is 7.41. The molecule has 3 N–H and O–H groups in total. The van der Waals surface area contributed by atoms with E-state index in [9.17, 15) is 0 Å². The molecule has 4 nitrogen and oxygen atoms in total. The van der Waals surface area contributed by atoms with Gasteiger partial charge < -0.3 is 20.5 Å². The van der Waals surface area contributed by atoms with Crippen LogP contribution in [0.1, 0.15) is 5.56 Å². The van der Waals surface area contributed by atoms with Crippen LogP contribution in [0.4, 0.5) is 5.69 Å². The maximum absolute atomic E-state index is 9.02. The molecule has 0 unspecified atom stereocenters. The maximum atomic E-state index is 9.02. The average Bonchev–Trinajstić information content (AvgIpc) is 2.34. The summed E-state index contributed by atoms with van der Waals surface area (Å²) in [7, 11) is 1.66. The Hall–Kier alpha value is -1.17. The Labute approximate surface area is 107 Å². The molecule has 1 aromatic rings. The van der Waals surface area contributed by atoms with Crippen molar-refractivity contribution in [2.24, 2.45) is 5.73 Å². The van der Waals surface area contributed by atoms with Crippen molar-refractivity contribution in [3.05, 3.63) is 29.8 Å².